The highest BCUT2D eigenvalue weighted by molar-refractivity contribution is 5.84. The highest BCUT2D eigenvalue weighted by Gasteiger charge is 2.35. The minimum atomic E-state index is 0.308. The number of hydrogen-bond donors (Lipinski definition) is 0. The Hall–Kier alpha value is -1.15. The van der Waals surface area contributed by atoms with Gasteiger partial charge in [-0.3, -0.25) is 9.69 Å². The van der Waals surface area contributed by atoms with Crippen LogP contribution in [-0.2, 0) is 11.3 Å². The topological polar surface area (TPSA) is 20.3 Å². The number of ketones is 1. The molecule has 2 bridgehead atoms. The van der Waals surface area contributed by atoms with E-state index in [1.54, 1.807) is 0 Å². The Labute approximate surface area is 115 Å². The molecule has 2 heteroatoms. The lowest BCUT2D eigenvalue weighted by molar-refractivity contribution is -0.132. The highest BCUT2D eigenvalue weighted by atomic mass is 16.1. The number of carbonyl (C=O) groups is 1. The first-order valence-corrected chi connectivity index (χ1v) is 7.63. The predicted molar refractivity (Wildman–Crippen MR) is 76.8 cm³/mol. The van der Waals surface area contributed by atoms with Gasteiger partial charge in [-0.1, -0.05) is 49.6 Å². The summed E-state index contributed by atoms with van der Waals surface area (Å²) in [6.45, 7) is 2.95. The number of hydrogen-bond acceptors (Lipinski definition) is 2. The number of nitrogens with zero attached hydrogens (tertiary/aromatic N) is 1. The van der Waals surface area contributed by atoms with Crippen LogP contribution in [0.15, 0.2) is 30.3 Å². The Morgan fingerprint density at radius 1 is 0.947 bits per heavy atom. The van der Waals surface area contributed by atoms with Crippen molar-refractivity contribution in [3.05, 3.63) is 35.9 Å². The van der Waals surface area contributed by atoms with Crippen molar-refractivity contribution < 1.29 is 4.79 Å². The number of rotatable bonds is 2. The van der Waals surface area contributed by atoms with Gasteiger partial charge in [0.1, 0.15) is 5.78 Å². The molecular formula is C17H23NO. The second-order valence-corrected chi connectivity index (χ2v) is 6.11. The van der Waals surface area contributed by atoms with Crippen molar-refractivity contribution in [1.82, 2.24) is 4.90 Å². The van der Waals surface area contributed by atoms with E-state index in [1.807, 2.05) is 0 Å². The maximum absolute atomic E-state index is 12.4. The average molecular weight is 257 g/mol. The molecule has 1 saturated carbocycles. The summed E-state index contributed by atoms with van der Waals surface area (Å²) in [4.78, 5) is 14.8. The molecule has 2 nitrogen and oxygen atoms in total. The summed E-state index contributed by atoms with van der Waals surface area (Å²) in [5.41, 5.74) is 1.37. The lowest BCUT2D eigenvalue weighted by Crippen LogP contribution is -2.46. The molecule has 1 aliphatic heterocycles. The molecular weight excluding hydrogens is 234 g/mol. The van der Waals surface area contributed by atoms with Crippen LogP contribution in [0.1, 0.15) is 37.7 Å². The Kier molecular flexibility index (Phi) is 3.97. The summed E-state index contributed by atoms with van der Waals surface area (Å²) >= 11 is 0. The molecule has 2 atom stereocenters. The molecule has 0 N–H and O–H groups in total. The van der Waals surface area contributed by atoms with E-state index in [0.29, 0.717) is 17.6 Å². The minimum absolute atomic E-state index is 0.308. The van der Waals surface area contributed by atoms with Crippen LogP contribution in [0.3, 0.4) is 0 Å². The van der Waals surface area contributed by atoms with E-state index in [0.717, 1.165) is 32.5 Å². The lowest BCUT2D eigenvalue weighted by Gasteiger charge is -2.38. The Morgan fingerprint density at radius 2 is 1.58 bits per heavy atom. The van der Waals surface area contributed by atoms with Crippen LogP contribution >= 0.6 is 0 Å². The van der Waals surface area contributed by atoms with Crippen LogP contribution in [0.25, 0.3) is 0 Å². The number of benzene rings is 1. The molecule has 0 unspecified atom stereocenters. The van der Waals surface area contributed by atoms with E-state index in [2.05, 4.69) is 35.2 Å². The number of Topliss-reactive ketones (excluding diaryl/α,β-unsaturated/α-hetero) is 1. The van der Waals surface area contributed by atoms with E-state index in [1.165, 1.54) is 24.8 Å². The van der Waals surface area contributed by atoms with Crippen molar-refractivity contribution in [2.24, 2.45) is 11.8 Å². The van der Waals surface area contributed by atoms with Gasteiger partial charge in [0, 0.05) is 31.5 Å². The molecule has 1 heterocycles. The molecule has 1 saturated heterocycles. The van der Waals surface area contributed by atoms with E-state index in [4.69, 9.17) is 0 Å². The second-order valence-electron chi connectivity index (χ2n) is 6.11. The summed E-state index contributed by atoms with van der Waals surface area (Å²) in [6, 6.07) is 10.6. The fourth-order valence-corrected chi connectivity index (χ4v) is 3.61. The molecule has 3 rings (SSSR count). The first kappa shape index (κ1) is 12.9. The average Bonchev–Trinajstić information content (AvgIpc) is 2.43. The van der Waals surface area contributed by atoms with Crippen molar-refractivity contribution in [3.8, 4) is 0 Å². The smallest absolute Gasteiger partial charge is 0.141 e. The van der Waals surface area contributed by atoms with Crippen LogP contribution in [-0.4, -0.2) is 23.8 Å². The van der Waals surface area contributed by atoms with Crippen molar-refractivity contribution >= 4 is 5.78 Å². The molecule has 19 heavy (non-hydrogen) atoms. The van der Waals surface area contributed by atoms with Gasteiger partial charge in [-0.2, -0.15) is 0 Å². The molecule has 102 valence electrons. The molecule has 0 aromatic heterocycles. The zero-order chi connectivity index (χ0) is 13.1. The van der Waals surface area contributed by atoms with Gasteiger partial charge < -0.3 is 0 Å². The quantitative estimate of drug-likeness (QED) is 0.810. The number of fused-ring (bicyclic) bond motifs is 2. The van der Waals surface area contributed by atoms with Gasteiger partial charge in [-0.25, -0.2) is 0 Å². The van der Waals surface area contributed by atoms with Gasteiger partial charge in [-0.05, 0) is 18.4 Å². The van der Waals surface area contributed by atoms with Gasteiger partial charge in [0.25, 0.3) is 0 Å². The summed E-state index contributed by atoms with van der Waals surface area (Å²) in [5.74, 6) is 1.18. The summed E-state index contributed by atoms with van der Waals surface area (Å²) < 4.78 is 0. The summed E-state index contributed by atoms with van der Waals surface area (Å²) in [6.07, 6.45) is 6.02. The fraction of sp³-hybridized carbons (Fsp3) is 0.588. The zero-order valence-corrected chi connectivity index (χ0v) is 11.6. The predicted octanol–water partition coefficient (Wildman–Crippen LogP) is 3.27. The Balaban J connectivity index is 1.69. The minimum Gasteiger partial charge on any atom is -0.299 e. The molecule has 0 radical (unpaired) electrons. The summed E-state index contributed by atoms with van der Waals surface area (Å²) in [7, 11) is 0. The van der Waals surface area contributed by atoms with Crippen LogP contribution in [0.2, 0.25) is 0 Å². The van der Waals surface area contributed by atoms with Crippen LogP contribution in [0, 0.1) is 11.8 Å². The van der Waals surface area contributed by atoms with E-state index >= 15 is 0 Å². The first-order chi connectivity index (χ1) is 9.33. The molecule has 1 aromatic carbocycles. The monoisotopic (exact) mass is 257 g/mol. The SMILES string of the molecule is O=C1[C@@H]2CCCCC[C@H]1CN(Cc1ccccc1)C2. The van der Waals surface area contributed by atoms with E-state index in [9.17, 15) is 4.79 Å². The third kappa shape index (κ3) is 3.06. The highest BCUT2D eigenvalue weighted by Crippen LogP contribution is 2.30. The van der Waals surface area contributed by atoms with Gasteiger partial charge in [0.05, 0.1) is 0 Å². The van der Waals surface area contributed by atoms with E-state index < -0.39 is 0 Å². The van der Waals surface area contributed by atoms with Gasteiger partial charge in [0.2, 0.25) is 0 Å². The zero-order valence-electron chi connectivity index (χ0n) is 11.6. The van der Waals surface area contributed by atoms with Gasteiger partial charge >= 0.3 is 0 Å². The van der Waals surface area contributed by atoms with Crippen molar-refractivity contribution in [2.45, 2.75) is 38.6 Å². The van der Waals surface area contributed by atoms with Crippen LogP contribution in [0.4, 0.5) is 0 Å². The first-order valence-electron chi connectivity index (χ1n) is 7.63. The third-order valence-electron chi connectivity index (χ3n) is 4.62. The molecule has 0 spiro atoms. The van der Waals surface area contributed by atoms with Crippen molar-refractivity contribution in [2.75, 3.05) is 13.1 Å². The third-order valence-corrected chi connectivity index (χ3v) is 4.62. The van der Waals surface area contributed by atoms with Crippen molar-refractivity contribution in [1.29, 1.82) is 0 Å². The molecule has 2 aliphatic rings. The number of piperidine rings is 1. The number of likely N-dealkylation sites (tertiary alicyclic amines) is 1. The van der Waals surface area contributed by atoms with E-state index in [-0.39, 0.29) is 0 Å². The summed E-state index contributed by atoms with van der Waals surface area (Å²) in [5, 5.41) is 0. The van der Waals surface area contributed by atoms with Gasteiger partial charge in [-0.15, -0.1) is 0 Å². The fourth-order valence-electron chi connectivity index (χ4n) is 3.61. The van der Waals surface area contributed by atoms with Crippen LogP contribution < -0.4 is 0 Å². The standard InChI is InChI=1S/C17H23NO/c19-17-15-9-5-2-6-10-16(17)13-18(12-15)11-14-7-3-1-4-8-14/h1,3-4,7-8,15-16H,2,5-6,9-13H2/t15-,16+. The number of carbonyl (C=O) groups excluding carboxylic acids is 1. The lowest BCUT2D eigenvalue weighted by atomic mass is 9.79. The Morgan fingerprint density at radius 3 is 2.21 bits per heavy atom. The normalized spacial score (nSPS) is 28.7. The maximum atomic E-state index is 12.4. The maximum Gasteiger partial charge on any atom is 0.141 e. The molecule has 0 amide bonds. The van der Waals surface area contributed by atoms with Crippen molar-refractivity contribution in [3.63, 3.8) is 0 Å². The molecule has 1 aliphatic carbocycles. The Bertz CT molecular complexity index is 410. The molecule has 1 aromatic rings. The van der Waals surface area contributed by atoms with Crippen LogP contribution in [0.5, 0.6) is 0 Å². The second kappa shape index (κ2) is 5.87. The van der Waals surface area contributed by atoms with Gasteiger partial charge in [0.15, 0.2) is 0 Å². The molecule has 2 fully saturated rings. The largest absolute Gasteiger partial charge is 0.299 e.